The Morgan fingerprint density at radius 3 is 2.88 bits per heavy atom. The average molecular weight is 225 g/mol. The van der Waals surface area contributed by atoms with Gasteiger partial charge < -0.3 is 9.97 Å². The zero-order valence-electron chi connectivity index (χ0n) is 9.10. The number of benzene rings is 1. The van der Waals surface area contributed by atoms with Gasteiger partial charge in [0, 0.05) is 18.8 Å². The van der Waals surface area contributed by atoms with Gasteiger partial charge in [0.15, 0.2) is 0 Å². The van der Waals surface area contributed by atoms with Gasteiger partial charge in [-0.05, 0) is 23.8 Å². The first-order valence-corrected chi connectivity index (χ1v) is 5.42. The van der Waals surface area contributed by atoms with Gasteiger partial charge in [0.1, 0.15) is 5.82 Å². The molecule has 0 amide bonds. The van der Waals surface area contributed by atoms with Gasteiger partial charge in [0.05, 0.1) is 10.9 Å². The van der Waals surface area contributed by atoms with E-state index < -0.39 is 0 Å². The lowest BCUT2D eigenvalue weighted by Gasteiger charge is -2.01. The first-order valence-electron chi connectivity index (χ1n) is 5.42. The smallest absolute Gasteiger partial charge is 0.258 e. The van der Waals surface area contributed by atoms with Crippen LogP contribution in [0.2, 0.25) is 0 Å². The second kappa shape index (κ2) is 3.90. The van der Waals surface area contributed by atoms with Crippen LogP contribution in [0, 0.1) is 0 Å². The Morgan fingerprint density at radius 2 is 2.06 bits per heavy atom. The SMILES string of the molecule is O=c1[nH]c(Cc2cc[nH]c2)nc2ccccc12. The fourth-order valence-electron chi connectivity index (χ4n) is 1.88. The number of aromatic amines is 2. The van der Waals surface area contributed by atoms with Crippen LogP contribution >= 0.6 is 0 Å². The minimum Gasteiger partial charge on any atom is -0.367 e. The number of rotatable bonds is 2. The number of para-hydroxylation sites is 1. The van der Waals surface area contributed by atoms with Gasteiger partial charge >= 0.3 is 0 Å². The van der Waals surface area contributed by atoms with E-state index in [0.29, 0.717) is 17.6 Å². The highest BCUT2D eigenvalue weighted by molar-refractivity contribution is 5.77. The molecule has 0 aliphatic carbocycles. The van der Waals surface area contributed by atoms with Crippen molar-refractivity contribution >= 4 is 10.9 Å². The van der Waals surface area contributed by atoms with Crippen molar-refractivity contribution in [1.29, 1.82) is 0 Å². The normalized spacial score (nSPS) is 10.8. The predicted octanol–water partition coefficient (Wildman–Crippen LogP) is 1.84. The van der Waals surface area contributed by atoms with Crippen LogP contribution in [0.15, 0.2) is 47.5 Å². The first-order chi connectivity index (χ1) is 8.33. The van der Waals surface area contributed by atoms with Crippen molar-refractivity contribution in [1.82, 2.24) is 15.0 Å². The standard InChI is InChI=1S/C13H11N3O/c17-13-10-3-1-2-4-11(10)15-12(16-13)7-9-5-6-14-8-9/h1-6,8,14H,7H2,(H,15,16,17). The van der Waals surface area contributed by atoms with E-state index in [1.54, 1.807) is 6.07 Å². The van der Waals surface area contributed by atoms with Crippen LogP contribution in [-0.2, 0) is 6.42 Å². The lowest BCUT2D eigenvalue weighted by molar-refractivity contribution is 0.974. The monoisotopic (exact) mass is 225 g/mol. The summed E-state index contributed by atoms with van der Waals surface area (Å²) >= 11 is 0. The van der Waals surface area contributed by atoms with Crippen LogP contribution in [0.4, 0.5) is 0 Å². The fourth-order valence-corrected chi connectivity index (χ4v) is 1.88. The van der Waals surface area contributed by atoms with E-state index in [4.69, 9.17) is 0 Å². The highest BCUT2D eigenvalue weighted by atomic mass is 16.1. The molecule has 0 saturated heterocycles. The van der Waals surface area contributed by atoms with E-state index in [1.165, 1.54) is 0 Å². The van der Waals surface area contributed by atoms with E-state index in [0.717, 1.165) is 11.1 Å². The molecule has 2 N–H and O–H groups in total. The predicted molar refractivity (Wildman–Crippen MR) is 66.0 cm³/mol. The third kappa shape index (κ3) is 1.85. The number of nitrogens with zero attached hydrogens (tertiary/aromatic N) is 1. The number of fused-ring (bicyclic) bond motifs is 1. The van der Waals surface area contributed by atoms with Crippen LogP contribution in [0.5, 0.6) is 0 Å². The summed E-state index contributed by atoms with van der Waals surface area (Å²) in [5, 5.41) is 0.630. The molecule has 3 rings (SSSR count). The second-order valence-electron chi connectivity index (χ2n) is 3.93. The van der Waals surface area contributed by atoms with E-state index in [2.05, 4.69) is 15.0 Å². The van der Waals surface area contributed by atoms with Crippen molar-refractivity contribution in [3.8, 4) is 0 Å². The summed E-state index contributed by atoms with van der Waals surface area (Å²) in [6.45, 7) is 0. The molecule has 84 valence electrons. The summed E-state index contributed by atoms with van der Waals surface area (Å²) in [6, 6.07) is 9.32. The summed E-state index contributed by atoms with van der Waals surface area (Å²) in [4.78, 5) is 22.1. The van der Waals surface area contributed by atoms with Crippen molar-refractivity contribution in [2.75, 3.05) is 0 Å². The lowest BCUT2D eigenvalue weighted by Crippen LogP contribution is -2.11. The Kier molecular flexibility index (Phi) is 2.26. The molecule has 2 aromatic heterocycles. The molecule has 4 heteroatoms. The molecule has 0 atom stereocenters. The maximum Gasteiger partial charge on any atom is 0.258 e. The van der Waals surface area contributed by atoms with Gasteiger partial charge in [-0.25, -0.2) is 4.98 Å². The Balaban J connectivity index is 2.10. The van der Waals surface area contributed by atoms with Crippen LogP contribution in [0.3, 0.4) is 0 Å². The van der Waals surface area contributed by atoms with Gasteiger partial charge in [0.25, 0.3) is 5.56 Å². The highest BCUT2D eigenvalue weighted by Gasteiger charge is 2.03. The summed E-state index contributed by atoms with van der Waals surface area (Å²) in [6.07, 6.45) is 4.38. The molecule has 0 aliphatic heterocycles. The van der Waals surface area contributed by atoms with Gasteiger partial charge in [-0.3, -0.25) is 4.79 Å². The quantitative estimate of drug-likeness (QED) is 0.699. The maximum atomic E-state index is 11.8. The lowest BCUT2D eigenvalue weighted by atomic mass is 10.2. The molecule has 0 bridgehead atoms. The van der Waals surface area contributed by atoms with Crippen LogP contribution in [-0.4, -0.2) is 15.0 Å². The molecule has 2 heterocycles. The molecule has 4 nitrogen and oxygen atoms in total. The van der Waals surface area contributed by atoms with Gasteiger partial charge in [0.2, 0.25) is 0 Å². The summed E-state index contributed by atoms with van der Waals surface area (Å²) < 4.78 is 0. The highest BCUT2D eigenvalue weighted by Crippen LogP contribution is 2.08. The van der Waals surface area contributed by atoms with Crippen LogP contribution in [0.25, 0.3) is 10.9 Å². The molecule has 0 spiro atoms. The zero-order valence-corrected chi connectivity index (χ0v) is 9.10. The fraction of sp³-hybridized carbons (Fsp3) is 0.0769. The van der Waals surface area contributed by atoms with Crippen molar-refractivity contribution in [3.63, 3.8) is 0 Å². The van der Waals surface area contributed by atoms with E-state index in [1.807, 2.05) is 36.7 Å². The van der Waals surface area contributed by atoms with E-state index in [9.17, 15) is 4.79 Å². The molecular formula is C13H11N3O. The summed E-state index contributed by atoms with van der Waals surface area (Å²) in [5.74, 6) is 0.688. The third-order valence-corrected chi connectivity index (χ3v) is 2.70. The molecule has 0 radical (unpaired) electrons. The van der Waals surface area contributed by atoms with Crippen molar-refractivity contribution < 1.29 is 0 Å². The van der Waals surface area contributed by atoms with Crippen LogP contribution < -0.4 is 5.56 Å². The third-order valence-electron chi connectivity index (χ3n) is 2.70. The average Bonchev–Trinajstić information content (AvgIpc) is 2.82. The van der Waals surface area contributed by atoms with Crippen molar-refractivity contribution in [2.45, 2.75) is 6.42 Å². The number of H-pyrrole nitrogens is 2. The summed E-state index contributed by atoms with van der Waals surface area (Å²) in [7, 11) is 0. The number of hydrogen-bond donors (Lipinski definition) is 2. The minimum atomic E-state index is -0.0823. The van der Waals surface area contributed by atoms with Crippen molar-refractivity contribution in [2.24, 2.45) is 0 Å². The largest absolute Gasteiger partial charge is 0.367 e. The van der Waals surface area contributed by atoms with Crippen LogP contribution in [0.1, 0.15) is 11.4 Å². The molecule has 0 fully saturated rings. The minimum absolute atomic E-state index is 0.0823. The van der Waals surface area contributed by atoms with Gasteiger partial charge in [-0.2, -0.15) is 0 Å². The zero-order chi connectivity index (χ0) is 11.7. The van der Waals surface area contributed by atoms with E-state index >= 15 is 0 Å². The molecule has 17 heavy (non-hydrogen) atoms. The molecular weight excluding hydrogens is 214 g/mol. The Hall–Kier alpha value is -2.36. The molecule has 0 saturated carbocycles. The Morgan fingerprint density at radius 1 is 1.18 bits per heavy atom. The molecule has 3 aromatic rings. The molecule has 0 aliphatic rings. The topological polar surface area (TPSA) is 61.5 Å². The van der Waals surface area contributed by atoms with Gasteiger partial charge in [-0.1, -0.05) is 12.1 Å². The van der Waals surface area contributed by atoms with Crippen molar-refractivity contribution in [3.05, 3.63) is 64.5 Å². The Labute approximate surface area is 97.3 Å². The number of aromatic nitrogens is 3. The Bertz CT molecular complexity index is 698. The maximum absolute atomic E-state index is 11.8. The van der Waals surface area contributed by atoms with E-state index in [-0.39, 0.29) is 5.56 Å². The first kappa shape index (κ1) is 9.84. The number of hydrogen-bond acceptors (Lipinski definition) is 2. The molecule has 1 aromatic carbocycles. The van der Waals surface area contributed by atoms with Gasteiger partial charge in [-0.15, -0.1) is 0 Å². The number of nitrogens with one attached hydrogen (secondary N) is 2. The summed E-state index contributed by atoms with van der Waals surface area (Å²) in [5.41, 5.74) is 1.76. The molecule has 0 unspecified atom stereocenters. The second-order valence-corrected chi connectivity index (χ2v) is 3.93.